The first kappa shape index (κ1) is 21.4. The normalized spacial score (nSPS) is 18.5. The molecule has 1 aromatic carbocycles. The molecule has 0 aliphatic carbocycles. The molecular weight excluding hydrogens is 462 g/mol. The second kappa shape index (κ2) is 9.00. The number of carbonyl (C=O) groups is 1. The van der Waals surface area contributed by atoms with Crippen molar-refractivity contribution in [2.75, 3.05) is 17.3 Å². The number of amides is 1. The van der Waals surface area contributed by atoms with E-state index in [0.717, 1.165) is 27.4 Å². The zero-order chi connectivity index (χ0) is 20.3. The number of rotatable bonds is 7. The van der Waals surface area contributed by atoms with E-state index < -0.39 is 9.84 Å². The fourth-order valence-corrected chi connectivity index (χ4v) is 5.91. The van der Waals surface area contributed by atoms with Crippen LogP contribution in [0.1, 0.15) is 20.3 Å². The molecule has 0 saturated carbocycles. The van der Waals surface area contributed by atoms with E-state index in [0.29, 0.717) is 12.3 Å². The van der Waals surface area contributed by atoms with Crippen LogP contribution < -0.4 is 5.32 Å². The van der Waals surface area contributed by atoms with Crippen LogP contribution in [0.4, 0.5) is 0 Å². The summed E-state index contributed by atoms with van der Waals surface area (Å²) in [6, 6.07) is 7.81. The molecule has 1 fully saturated rings. The van der Waals surface area contributed by atoms with Gasteiger partial charge < -0.3 is 9.88 Å². The van der Waals surface area contributed by atoms with Crippen LogP contribution in [0.3, 0.4) is 0 Å². The maximum absolute atomic E-state index is 12.3. The van der Waals surface area contributed by atoms with Gasteiger partial charge in [0.15, 0.2) is 15.0 Å². The topological polar surface area (TPSA) is 81.1 Å². The lowest BCUT2D eigenvalue weighted by Crippen LogP contribution is -2.36. The summed E-state index contributed by atoms with van der Waals surface area (Å²) >= 11 is 4.84. The lowest BCUT2D eigenvalue weighted by Gasteiger charge is -2.15. The number of nitrogens with zero attached hydrogens (tertiary/aromatic N) is 2. The molecule has 28 heavy (non-hydrogen) atoms. The molecule has 1 atom stereocenters. The molecule has 1 saturated heterocycles. The fraction of sp³-hybridized carbons (Fsp3) is 0.474. The van der Waals surface area contributed by atoms with Crippen LogP contribution >= 0.6 is 27.7 Å². The SMILES string of the molecule is CC(C)Cn1c(-c2ccc(Br)cc2)cnc1SCC(=O)NC1CCS(=O)(=O)C1. The Balaban J connectivity index is 1.69. The van der Waals surface area contributed by atoms with Crippen molar-refractivity contribution in [3.8, 4) is 11.3 Å². The minimum atomic E-state index is -3.00. The molecule has 1 unspecified atom stereocenters. The Morgan fingerprint density at radius 3 is 2.68 bits per heavy atom. The minimum Gasteiger partial charge on any atom is -0.352 e. The summed E-state index contributed by atoms with van der Waals surface area (Å²) in [6.45, 7) is 5.09. The van der Waals surface area contributed by atoms with Crippen molar-refractivity contribution < 1.29 is 13.2 Å². The first-order valence-electron chi connectivity index (χ1n) is 9.17. The number of carbonyl (C=O) groups excluding carboxylic acids is 1. The largest absolute Gasteiger partial charge is 0.352 e. The second-order valence-electron chi connectivity index (χ2n) is 7.39. The van der Waals surface area contributed by atoms with Crippen molar-refractivity contribution in [1.82, 2.24) is 14.9 Å². The summed E-state index contributed by atoms with van der Waals surface area (Å²) in [7, 11) is -3.00. The number of hydrogen-bond donors (Lipinski definition) is 1. The van der Waals surface area contributed by atoms with E-state index in [1.807, 2.05) is 30.5 Å². The highest BCUT2D eigenvalue weighted by atomic mass is 79.9. The zero-order valence-corrected chi connectivity index (χ0v) is 19.1. The van der Waals surface area contributed by atoms with Crippen LogP contribution in [-0.4, -0.2) is 47.2 Å². The van der Waals surface area contributed by atoms with Gasteiger partial charge in [-0.15, -0.1) is 0 Å². The number of hydrogen-bond acceptors (Lipinski definition) is 5. The van der Waals surface area contributed by atoms with Crippen molar-refractivity contribution in [2.45, 2.75) is 38.0 Å². The number of halogens is 1. The Labute approximate surface area is 178 Å². The van der Waals surface area contributed by atoms with Gasteiger partial charge in [0.05, 0.1) is 29.1 Å². The van der Waals surface area contributed by atoms with Crippen LogP contribution in [-0.2, 0) is 21.2 Å². The third-order valence-corrected chi connectivity index (χ3v) is 7.72. The van der Waals surface area contributed by atoms with Crippen LogP contribution in [0.25, 0.3) is 11.3 Å². The van der Waals surface area contributed by atoms with Gasteiger partial charge in [0.1, 0.15) is 0 Å². The van der Waals surface area contributed by atoms with Crippen molar-refractivity contribution in [3.63, 3.8) is 0 Å². The smallest absolute Gasteiger partial charge is 0.230 e. The van der Waals surface area contributed by atoms with Gasteiger partial charge in [0, 0.05) is 17.1 Å². The Kier molecular flexibility index (Phi) is 6.88. The molecule has 0 spiro atoms. The van der Waals surface area contributed by atoms with Gasteiger partial charge in [0.25, 0.3) is 0 Å². The van der Waals surface area contributed by atoms with E-state index in [1.165, 1.54) is 11.8 Å². The van der Waals surface area contributed by atoms with Crippen molar-refractivity contribution in [2.24, 2.45) is 5.92 Å². The molecule has 6 nitrogen and oxygen atoms in total. The quantitative estimate of drug-likeness (QED) is 0.607. The van der Waals surface area contributed by atoms with Crippen LogP contribution in [0.5, 0.6) is 0 Å². The summed E-state index contributed by atoms with van der Waals surface area (Å²) < 4.78 is 26.2. The van der Waals surface area contributed by atoms with Gasteiger partial charge in [-0.2, -0.15) is 0 Å². The number of aromatic nitrogens is 2. The maximum Gasteiger partial charge on any atom is 0.230 e. The third-order valence-electron chi connectivity index (χ3n) is 4.44. The fourth-order valence-electron chi connectivity index (χ4n) is 3.17. The Morgan fingerprint density at radius 2 is 2.07 bits per heavy atom. The Hall–Kier alpha value is -1.32. The third kappa shape index (κ3) is 5.61. The Morgan fingerprint density at radius 1 is 1.36 bits per heavy atom. The number of benzene rings is 1. The summed E-state index contributed by atoms with van der Waals surface area (Å²) in [5.41, 5.74) is 2.09. The number of thioether (sulfide) groups is 1. The van der Waals surface area contributed by atoms with Gasteiger partial charge in [-0.25, -0.2) is 13.4 Å². The molecule has 3 rings (SSSR count). The molecule has 1 amide bonds. The summed E-state index contributed by atoms with van der Waals surface area (Å²) in [4.78, 5) is 16.8. The van der Waals surface area contributed by atoms with Gasteiger partial charge in [0.2, 0.25) is 5.91 Å². The van der Waals surface area contributed by atoms with Gasteiger partial charge >= 0.3 is 0 Å². The molecule has 2 heterocycles. The second-order valence-corrected chi connectivity index (χ2v) is 11.5. The highest BCUT2D eigenvalue weighted by Gasteiger charge is 2.29. The van der Waals surface area contributed by atoms with Gasteiger partial charge in [-0.05, 0) is 30.0 Å². The standard InChI is InChI=1S/C19H24BrN3O3S2/c1-13(2)10-23-17(14-3-5-15(20)6-4-14)9-21-19(23)27-11-18(24)22-16-7-8-28(25,26)12-16/h3-6,9,13,16H,7-8,10-12H2,1-2H3,(H,22,24). The predicted molar refractivity (Wildman–Crippen MR) is 116 cm³/mol. The Bertz CT molecular complexity index is 940. The predicted octanol–water partition coefficient (Wildman–Crippen LogP) is 3.36. The molecule has 152 valence electrons. The molecule has 1 aromatic heterocycles. The van der Waals surface area contributed by atoms with Crippen molar-refractivity contribution in [1.29, 1.82) is 0 Å². The zero-order valence-electron chi connectivity index (χ0n) is 15.9. The van der Waals surface area contributed by atoms with E-state index in [9.17, 15) is 13.2 Å². The first-order valence-corrected chi connectivity index (χ1v) is 12.8. The van der Waals surface area contributed by atoms with E-state index in [4.69, 9.17) is 0 Å². The average Bonchev–Trinajstić information content (AvgIpc) is 3.16. The summed E-state index contributed by atoms with van der Waals surface area (Å²) in [6.07, 6.45) is 2.34. The monoisotopic (exact) mass is 485 g/mol. The summed E-state index contributed by atoms with van der Waals surface area (Å²) in [5, 5.41) is 3.62. The van der Waals surface area contributed by atoms with Crippen molar-refractivity contribution >= 4 is 43.4 Å². The number of sulfone groups is 1. The van der Waals surface area contributed by atoms with Crippen LogP contribution in [0.2, 0.25) is 0 Å². The van der Waals surface area contributed by atoms with E-state index in [2.05, 4.69) is 44.6 Å². The highest BCUT2D eigenvalue weighted by molar-refractivity contribution is 9.10. The lowest BCUT2D eigenvalue weighted by molar-refractivity contribution is -0.119. The lowest BCUT2D eigenvalue weighted by atomic mass is 10.1. The molecule has 0 radical (unpaired) electrons. The maximum atomic E-state index is 12.3. The van der Waals surface area contributed by atoms with Crippen molar-refractivity contribution in [3.05, 3.63) is 34.9 Å². The molecule has 0 bridgehead atoms. The molecule has 2 aromatic rings. The average molecular weight is 486 g/mol. The molecule has 1 N–H and O–H groups in total. The van der Waals surface area contributed by atoms with Crippen LogP contribution in [0, 0.1) is 5.92 Å². The molecule has 1 aliphatic rings. The highest BCUT2D eigenvalue weighted by Crippen LogP contribution is 2.28. The summed E-state index contributed by atoms with van der Waals surface area (Å²) in [5.74, 6) is 0.682. The molecule has 9 heteroatoms. The van der Waals surface area contributed by atoms with Gasteiger partial charge in [-0.1, -0.05) is 53.7 Å². The minimum absolute atomic E-state index is 0.0408. The first-order chi connectivity index (χ1) is 13.2. The van der Waals surface area contributed by atoms with Crippen LogP contribution in [0.15, 0.2) is 40.1 Å². The van der Waals surface area contributed by atoms with E-state index in [1.54, 1.807) is 0 Å². The number of imidazole rings is 1. The number of nitrogens with one attached hydrogen (secondary N) is 1. The molecule has 1 aliphatic heterocycles. The van der Waals surface area contributed by atoms with E-state index >= 15 is 0 Å². The molecular formula is C19H24BrN3O3S2. The van der Waals surface area contributed by atoms with E-state index in [-0.39, 0.29) is 29.2 Å². The van der Waals surface area contributed by atoms with Gasteiger partial charge in [-0.3, -0.25) is 4.79 Å².